The van der Waals surface area contributed by atoms with Gasteiger partial charge in [-0.2, -0.15) is 0 Å². The molecule has 1 aliphatic rings. The Hall–Kier alpha value is -8.26. The lowest BCUT2D eigenvalue weighted by atomic mass is 9.85. The van der Waals surface area contributed by atoms with E-state index in [-0.39, 0.29) is 0 Å². The van der Waals surface area contributed by atoms with E-state index in [1.165, 1.54) is 121 Å². The summed E-state index contributed by atoms with van der Waals surface area (Å²) in [5.74, 6) is 0. The summed E-state index contributed by atoms with van der Waals surface area (Å²) in [6, 6.07) is 80.5. The lowest BCUT2D eigenvalue weighted by Crippen LogP contribution is -1.91. The van der Waals surface area contributed by atoms with Crippen molar-refractivity contribution in [3.8, 4) is 66.8 Å². The summed E-state index contributed by atoms with van der Waals surface area (Å²) in [5, 5.41) is 14.9. The molecule has 1 nitrogen and oxygen atoms in total. The largest absolute Gasteiger partial charge is 0.456 e. The van der Waals surface area contributed by atoms with Crippen LogP contribution < -0.4 is 0 Å². The van der Waals surface area contributed by atoms with Crippen LogP contribution in [0.1, 0.15) is 0 Å². The molecule has 0 amide bonds. The maximum atomic E-state index is 6.69. The molecule has 0 radical (unpaired) electrons. The molecule has 63 heavy (non-hydrogen) atoms. The number of rotatable bonds is 4. The van der Waals surface area contributed by atoms with Gasteiger partial charge >= 0.3 is 0 Å². The SMILES string of the molecule is c1ccc2c(-c3ccc(-c4cccc5ccccc45)c4c3-c3cccc5c(-c6cccc7oc8ccc(-c9cc%10ccccc%10c%10ccccc9%10)cc8c67)ccc-4c35)cccc2c1. The number of fused-ring (bicyclic) bond motifs is 11. The Bertz CT molecular complexity index is 3970. The van der Waals surface area contributed by atoms with Gasteiger partial charge < -0.3 is 4.42 Å². The van der Waals surface area contributed by atoms with Gasteiger partial charge in [0.1, 0.15) is 11.2 Å². The van der Waals surface area contributed by atoms with Gasteiger partial charge in [-0.15, -0.1) is 0 Å². The molecular weight excluding hydrogens is 761 g/mol. The van der Waals surface area contributed by atoms with Gasteiger partial charge in [-0.1, -0.05) is 194 Å². The minimum absolute atomic E-state index is 0.893. The van der Waals surface area contributed by atoms with Crippen molar-refractivity contribution in [2.75, 3.05) is 0 Å². The third-order valence-corrected chi connectivity index (χ3v) is 13.8. The Morgan fingerprint density at radius 1 is 0.222 bits per heavy atom. The van der Waals surface area contributed by atoms with Crippen molar-refractivity contribution in [3.63, 3.8) is 0 Å². The van der Waals surface area contributed by atoms with Gasteiger partial charge in [-0.05, 0) is 145 Å². The molecule has 13 aromatic rings. The number of furan rings is 1. The van der Waals surface area contributed by atoms with E-state index < -0.39 is 0 Å². The molecule has 0 N–H and O–H groups in total. The van der Waals surface area contributed by atoms with Crippen LogP contribution in [0.5, 0.6) is 0 Å². The van der Waals surface area contributed by atoms with E-state index in [9.17, 15) is 0 Å². The van der Waals surface area contributed by atoms with Crippen molar-refractivity contribution in [3.05, 3.63) is 218 Å². The summed E-state index contributed by atoms with van der Waals surface area (Å²) in [6.07, 6.45) is 0. The zero-order chi connectivity index (χ0) is 41.2. The van der Waals surface area contributed by atoms with Crippen molar-refractivity contribution in [1.82, 2.24) is 0 Å². The van der Waals surface area contributed by atoms with Gasteiger partial charge in [0, 0.05) is 10.8 Å². The fourth-order valence-corrected chi connectivity index (χ4v) is 11.1. The van der Waals surface area contributed by atoms with E-state index in [1.54, 1.807) is 0 Å². The standard InChI is InChI=1S/C62H36O/c1-4-18-41-37(13-1)16-9-23-45(41)51-31-32-52(46-24-10-17-38-14-2-5-19-42(38)46)62-54-33-30-48(49-25-11-27-53(59(49)54)61(51)62)50-26-12-28-58-60(50)56-36-40(29-34-57(56)63-58)55-35-39-15-3-6-20-43(39)44-21-7-8-22-47(44)55/h1-36H. The van der Waals surface area contributed by atoms with Crippen molar-refractivity contribution >= 4 is 75.8 Å². The van der Waals surface area contributed by atoms with Crippen LogP contribution in [0, 0.1) is 0 Å². The molecule has 1 heteroatoms. The fraction of sp³-hybridized carbons (Fsp3) is 0. The normalized spacial score (nSPS) is 12.1. The van der Waals surface area contributed by atoms with Gasteiger partial charge in [-0.3, -0.25) is 0 Å². The summed E-state index contributed by atoms with van der Waals surface area (Å²) >= 11 is 0. The maximum absolute atomic E-state index is 6.69. The smallest absolute Gasteiger partial charge is 0.136 e. The van der Waals surface area contributed by atoms with E-state index in [0.717, 1.165) is 21.9 Å². The second kappa shape index (κ2) is 13.1. The van der Waals surface area contributed by atoms with Crippen LogP contribution in [0.15, 0.2) is 223 Å². The topological polar surface area (TPSA) is 13.1 Å². The summed E-state index contributed by atoms with van der Waals surface area (Å²) < 4.78 is 6.69. The average Bonchev–Trinajstić information content (AvgIpc) is 3.90. The van der Waals surface area contributed by atoms with Crippen LogP contribution >= 0.6 is 0 Å². The van der Waals surface area contributed by atoms with Gasteiger partial charge in [0.2, 0.25) is 0 Å². The molecule has 0 unspecified atom stereocenters. The molecule has 0 bridgehead atoms. The van der Waals surface area contributed by atoms with E-state index in [1.807, 2.05) is 0 Å². The van der Waals surface area contributed by atoms with Crippen LogP contribution in [0.3, 0.4) is 0 Å². The number of hydrogen-bond acceptors (Lipinski definition) is 1. The molecule has 1 aromatic heterocycles. The summed E-state index contributed by atoms with van der Waals surface area (Å²) in [5.41, 5.74) is 16.7. The lowest BCUT2D eigenvalue weighted by Gasteiger charge is -2.18. The van der Waals surface area contributed by atoms with Crippen LogP contribution in [0.25, 0.3) is 143 Å². The van der Waals surface area contributed by atoms with Crippen LogP contribution in [-0.4, -0.2) is 0 Å². The Morgan fingerprint density at radius 2 is 0.714 bits per heavy atom. The Balaban J connectivity index is 1.03. The van der Waals surface area contributed by atoms with E-state index in [4.69, 9.17) is 4.42 Å². The highest BCUT2D eigenvalue weighted by atomic mass is 16.3. The first-order valence-corrected chi connectivity index (χ1v) is 21.8. The zero-order valence-corrected chi connectivity index (χ0v) is 34.2. The first-order chi connectivity index (χ1) is 31.3. The molecule has 1 aliphatic carbocycles. The van der Waals surface area contributed by atoms with Gasteiger partial charge in [-0.25, -0.2) is 0 Å². The van der Waals surface area contributed by atoms with Gasteiger partial charge in [0.05, 0.1) is 0 Å². The lowest BCUT2D eigenvalue weighted by molar-refractivity contribution is 0.669. The van der Waals surface area contributed by atoms with Gasteiger partial charge in [0.15, 0.2) is 0 Å². The predicted octanol–water partition coefficient (Wildman–Crippen LogP) is 17.7. The second-order valence-corrected chi connectivity index (χ2v) is 17.0. The molecule has 0 saturated carbocycles. The van der Waals surface area contributed by atoms with E-state index in [2.05, 4.69) is 218 Å². The third-order valence-electron chi connectivity index (χ3n) is 13.8. The molecule has 14 rings (SSSR count). The number of hydrogen-bond donors (Lipinski definition) is 0. The maximum Gasteiger partial charge on any atom is 0.136 e. The second-order valence-electron chi connectivity index (χ2n) is 17.0. The molecular formula is C62H36O. The molecule has 0 spiro atoms. The summed E-state index contributed by atoms with van der Waals surface area (Å²) in [6.45, 7) is 0. The molecule has 0 fully saturated rings. The zero-order valence-electron chi connectivity index (χ0n) is 34.2. The van der Waals surface area contributed by atoms with Crippen molar-refractivity contribution in [2.24, 2.45) is 0 Å². The fourth-order valence-electron chi connectivity index (χ4n) is 11.1. The predicted molar refractivity (Wildman–Crippen MR) is 267 cm³/mol. The van der Waals surface area contributed by atoms with E-state index >= 15 is 0 Å². The Morgan fingerprint density at radius 3 is 1.44 bits per heavy atom. The molecule has 0 atom stereocenters. The van der Waals surface area contributed by atoms with Crippen LogP contribution in [0.2, 0.25) is 0 Å². The van der Waals surface area contributed by atoms with Crippen molar-refractivity contribution in [1.29, 1.82) is 0 Å². The van der Waals surface area contributed by atoms with Crippen LogP contribution in [-0.2, 0) is 0 Å². The minimum atomic E-state index is 0.893. The monoisotopic (exact) mass is 796 g/mol. The van der Waals surface area contributed by atoms with Gasteiger partial charge in [0.25, 0.3) is 0 Å². The molecule has 12 aromatic carbocycles. The van der Waals surface area contributed by atoms with E-state index in [0.29, 0.717) is 0 Å². The Labute approximate surface area is 363 Å². The highest BCUT2D eigenvalue weighted by Gasteiger charge is 2.30. The molecule has 0 saturated heterocycles. The molecule has 290 valence electrons. The average molecular weight is 797 g/mol. The number of benzene rings is 12. The van der Waals surface area contributed by atoms with Crippen molar-refractivity contribution in [2.45, 2.75) is 0 Å². The molecule has 0 aliphatic heterocycles. The molecule has 1 heterocycles. The third kappa shape index (κ3) is 4.93. The summed E-state index contributed by atoms with van der Waals surface area (Å²) in [4.78, 5) is 0. The summed E-state index contributed by atoms with van der Waals surface area (Å²) in [7, 11) is 0. The van der Waals surface area contributed by atoms with Crippen LogP contribution in [0.4, 0.5) is 0 Å². The minimum Gasteiger partial charge on any atom is -0.456 e. The van der Waals surface area contributed by atoms with Crippen molar-refractivity contribution < 1.29 is 4.42 Å². The quantitative estimate of drug-likeness (QED) is 0.162. The Kier molecular flexibility index (Phi) is 7.17. The first-order valence-electron chi connectivity index (χ1n) is 21.8. The highest BCUT2D eigenvalue weighted by molar-refractivity contribution is 6.26. The first kappa shape index (κ1) is 34.5. The highest BCUT2D eigenvalue weighted by Crippen LogP contribution is 2.57.